The van der Waals surface area contributed by atoms with Gasteiger partial charge in [-0.05, 0) is 214 Å². The molecule has 2 heterocycles. The molecule has 20 aromatic rings. The average molecular weight is 1240 g/mol. The van der Waals surface area contributed by atoms with E-state index < -0.39 is 48.3 Å². The first-order valence-electron chi connectivity index (χ1n) is 39.7. The molecule has 0 fully saturated rings. The van der Waals surface area contributed by atoms with E-state index in [0.717, 1.165) is 93.0 Å². The summed E-state index contributed by atoms with van der Waals surface area (Å²) in [4.78, 5) is 0. The first-order chi connectivity index (χ1) is 54.2. The summed E-state index contributed by atoms with van der Waals surface area (Å²) in [7, 11) is 0. The van der Waals surface area contributed by atoms with Gasteiger partial charge in [0.05, 0.1) is 21.9 Å². The van der Waals surface area contributed by atoms with Crippen molar-refractivity contribution in [3.05, 3.63) is 351 Å². The molecule has 0 aliphatic rings. The topological polar surface area (TPSA) is 26.3 Å². The van der Waals surface area contributed by atoms with Gasteiger partial charge in [-0.1, -0.05) is 291 Å². The van der Waals surface area contributed by atoms with E-state index in [1.807, 2.05) is 188 Å². The highest BCUT2D eigenvalue weighted by atomic mass is 16.3. The second kappa shape index (κ2) is 22.6. The Morgan fingerprint density at radius 2 is 0.562 bits per heavy atom. The van der Waals surface area contributed by atoms with E-state index in [1.165, 1.54) is 0 Å². The molecule has 18 aromatic carbocycles. The van der Waals surface area contributed by atoms with Gasteiger partial charge >= 0.3 is 0 Å². The molecule has 446 valence electrons. The van der Waals surface area contributed by atoms with E-state index in [1.54, 1.807) is 30.3 Å². The van der Waals surface area contributed by atoms with E-state index in [0.29, 0.717) is 55.5 Å². The summed E-state index contributed by atoms with van der Waals surface area (Å²) in [6, 6.07) is 76.8. The minimum Gasteiger partial charge on any atom is -0.456 e. The average Bonchev–Trinajstić information content (AvgIpc) is 0.795. The van der Waals surface area contributed by atoms with Crippen molar-refractivity contribution in [2.24, 2.45) is 0 Å². The van der Waals surface area contributed by atoms with Crippen LogP contribution in [0.5, 0.6) is 0 Å². The Kier molecular flexibility index (Phi) is 9.67. The van der Waals surface area contributed by atoms with Crippen LogP contribution in [0.15, 0.2) is 360 Å². The number of benzene rings is 18. The molecule has 0 aliphatic heterocycles. The minimum absolute atomic E-state index is 0.157. The predicted octanol–water partition coefficient (Wildman–Crippen LogP) is 26.9. The van der Waals surface area contributed by atoms with Crippen LogP contribution in [0.1, 0.15) is 21.9 Å². The molecular weight excluding hydrogens is 1160 g/mol. The minimum atomic E-state index is -0.445. The van der Waals surface area contributed by atoms with Gasteiger partial charge in [-0.15, -0.1) is 0 Å². The van der Waals surface area contributed by atoms with E-state index >= 15 is 0 Å². The highest BCUT2D eigenvalue weighted by molar-refractivity contribution is 6.27. The van der Waals surface area contributed by atoms with Crippen LogP contribution in [-0.4, -0.2) is 0 Å². The first-order valence-corrected chi connectivity index (χ1v) is 31.7. The Morgan fingerprint density at radius 3 is 1.11 bits per heavy atom. The summed E-state index contributed by atoms with van der Waals surface area (Å²) in [5.74, 6) is 0. The van der Waals surface area contributed by atoms with Crippen LogP contribution in [0.2, 0.25) is 0 Å². The molecule has 0 unspecified atom stereocenters. The van der Waals surface area contributed by atoms with Crippen LogP contribution >= 0.6 is 0 Å². The van der Waals surface area contributed by atoms with Crippen LogP contribution in [0, 0.1) is 0 Å². The van der Waals surface area contributed by atoms with Gasteiger partial charge in [-0.3, -0.25) is 0 Å². The summed E-state index contributed by atoms with van der Waals surface area (Å²) < 4.78 is 158. The fraction of sp³-hybridized carbons (Fsp3) is 0. The van der Waals surface area contributed by atoms with E-state index in [9.17, 15) is 8.22 Å². The number of hydrogen-bond donors (Lipinski definition) is 0. The summed E-state index contributed by atoms with van der Waals surface area (Å²) in [5.41, 5.74) is 12.0. The smallest absolute Gasteiger partial charge is 0.136 e. The SMILES string of the molecule is [2H]c1c([2H])c([2H])c2c(-c3ccc4cc(-c5ccc6oc7cc8ccccc8cc7c6c5)ccc4c3)c3c([2H])c([2H])c([2H])c([2H])c3c(-c3ccccc3)c2c1[2H].[2H]c1c([2H])c([2H])c2c(-c3cccc4oc5cc6ccccc6cc5c34)c3c([2H])c([2H])c([2H])c([2H])c3c(-c3ccc(-c4ccccc4)c(-c4ccccc4)c3)c2c1[2H]. The Balaban J connectivity index is 0.000000151. The third-order valence-corrected chi connectivity index (χ3v) is 18.7. The van der Waals surface area contributed by atoms with Crippen LogP contribution in [0.3, 0.4) is 0 Å². The third-order valence-electron chi connectivity index (χ3n) is 18.7. The molecule has 0 radical (unpaired) electrons. The zero-order chi connectivity index (χ0) is 77.1. The van der Waals surface area contributed by atoms with Crippen molar-refractivity contribution in [1.29, 1.82) is 0 Å². The maximum Gasteiger partial charge on any atom is 0.136 e. The lowest BCUT2D eigenvalue weighted by Crippen LogP contribution is -1.93. The van der Waals surface area contributed by atoms with Gasteiger partial charge in [0.2, 0.25) is 0 Å². The van der Waals surface area contributed by atoms with Crippen molar-refractivity contribution >= 4 is 119 Å². The van der Waals surface area contributed by atoms with Crippen LogP contribution in [0.25, 0.3) is 197 Å². The van der Waals surface area contributed by atoms with Crippen LogP contribution in [-0.2, 0) is 0 Å². The molecule has 2 heteroatoms. The number of furan rings is 2. The molecule has 0 spiro atoms. The molecule has 0 amide bonds. The normalized spacial score (nSPS) is 14.1. The lowest BCUT2D eigenvalue weighted by Gasteiger charge is -2.19. The van der Waals surface area contributed by atoms with Crippen molar-refractivity contribution in [1.82, 2.24) is 0 Å². The van der Waals surface area contributed by atoms with Crippen LogP contribution < -0.4 is 0 Å². The van der Waals surface area contributed by atoms with E-state index in [-0.39, 0.29) is 97.0 Å². The lowest BCUT2D eigenvalue weighted by atomic mass is 9.83. The van der Waals surface area contributed by atoms with Gasteiger partial charge in [-0.25, -0.2) is 0 Å². The number of hydrogen-bond acceptors (Lipinski definition) is 2. The van der Waals surface area contributed by atoms with Gasteiger partial charge in [0.25, 0.3) is 0 Å². The fourth-order valence-corrected chi connectivity index (χ4v) is 14.4. The standard InChI is InChI=1S/C48H30O.C46H28O/c1-3-14-31(15-4-1)36-27-26-35(29-42(36)32-16-5-2-6-17-32)46-37-20-9-11-22-39(37)47(40-23-12-10-21-38(40)46)41-24-13-25-44-48(41)43-28-33-18-7-8-19-34(33)30-45(43)49-44;1-2-10-29(11-3-1)45-37-14-6-8-16-39(37)46(40-17-9-7-15-38(40)45)36-21-20-32-24-33(18-19-34(32)25-36)35-22-23-43-41(27-35)42-26-30-12-4-5-13-31(30)28-44(42)47-43/h1-30H;1-28H/i9D,10D,11D,12D,20D,21D,22D,23D;6D,7D,8D,9D,14D,15D,16D,17D. The second-order valence-corrected chi connectivity index (χ2v) is 24.1. The monoisotopic (exact) mass is 1230 g/mol. The maximum atomic E-state index is 9.53. The molecule has 20 rings (SSSR count). The van der Waals surface area contributed by atoms with Gasteiger partial charge in [0.15, 0.2) is 0 Å². The second-order valence-electron chi connectivity index (χ2n) is 24.1. The summed E-state index contributed by atoms with van der Waals surface area (Å²) in [6.45, 7) is 0. The van der Waals surface area contributed by atoms with Gasteiger partial charge < -0.3 is 8.83 Å². The molecule has 0 N–H and O–H groups in total. The molecule has 0 aliphatic carbocycles. The predicted molar refractivity (Wildman–Crippen MR) is 408 cm³/mol. The maximum absolute atomic E-state index is 9.53. The molecule has 0 atom stereocenters. The molecule has 2 aromatic heterocycles. The van der Waals surface area contributed by atoms with E-state index in [2.05, 4.69) is 36.4 Å². The molecule has 2 nitrogen and oxygen atoms in total. The van der Waals surface area contributed by atoms with Crippen molar-refractivity contribution in [2.45, 2.75) is 0 Å². The summed E-state index contributed by atoms with van der Waals surface area (Å²) in [5, 5.41) is 11.0. The van der Waals surface area contributed by atoms with Gasteiger partial charge in [0.1, 0.15) is 22.3 Å². The fourth-order valence-electron chi connectivity index (χ4n) is 14.4. The number of fused-ring (bicyclic) bond motifs is 13. The largest absolute Gasteiger partial charge is 0.456 e. The van der Waals surface area contributed by atoms with Gasteiger partial charge in [0, 0.05) is 21.5 Å². The Labute approximate surface area is 576 Å². The van der Waals surface area contributed by atoms with E-state index in [4.69, 9.17) is 22.5 Å². The lowest BCUT2D eigenvalue weighted by molar-refractivity contribution is 0.669. The molecule has 96 heavy (non-hydrogen) atoms. The summed E-state index contributed by atoms with van der Waals surface area (Å²) >= 11 is 0. The Morgan fingerprint density at radius 1 is 0.188 bits per heavy atom. The molecule has 0 bridgehead atoms. The third kappa shape index (κ3) is 9.18. The number of rotatable bonds is 7. The highest BCUT2D eigenvalue weighted by Gasteiger charge is 2.23. The highest BCUT2D eigenvalue weighted by Crippen LogP contribution is 2.50. The summed E-state index contributed by atoms with van der Waals surface area (Å²) in [6.07, 6.45) is 0. The Hall–Kier alpha value is -12.6. The molecule has 0 saturated heterocycles. The van der Waals surface area contributed by atoms with Crippen molar-refractivity contribution in [3.63, 3.8) is 0 Å². The van der Waals surface area contributed by atoms with Crippen molar-refractivity contribution < 1.29 is 30.8 Å². The zero-order valence-electron chi connectivity index (χ0n) is 67.1. The van der Waals surface area contributed by atoms with Crippen LogP contribution in [0.4, 0.5) is 0 Å². The van der Waals surface area contributed by atoms with Crippen molar-refractivity contribution in [3.8, 4) is 77.9 Å². The van der Waals surface area contributed by atoms with Crippen molar-refractivity contribution in [2.75, 3.05) is 0 Å². The molecular formula is C94H58O2. The quantitative estimate of drug-likeness (QED) is 0.149. The first kappa shape index (κ1) is 41.1. The zero-order valence-corrected chi connectivity index (χ0v) is 51.1. The Bertz CT molecular complexity index is 7340. The van der Waals surface area contributed by atoms with Gasteiger partial charge in [-0.2, -0.15) is 0 Å². The molecule has 0 saturated carbocycles.